The summed E-state index contributed by atoms with van der Waals surface area (Å²) in [6.45, 7) is 4.71. The molecule has 0 aliphatic carbocycles. The van der Waals surface area contributed by atoms with Gasteiger partial charge in [0.1, 0.15) is 11.8 Å². The molecule has 0 aliphatic rings. The highest BCUT2D eigenvalue weighted by Gasteiger charge is 2.14. The number of carbonyl (C=O) groups excluding carboxylic acids is 1. The fraction of sp³-hybridized carbons (Fsp3) is 0.562. The molecule has 0 spiro atoms. The number of rotatable bonds is 9. The van der Waals surface area contributed by atoms with Crippen LogP contribution in [0.15, 0.2) is 24.3 Å². The highest BCUT2D eigenvalue weighted by atomic mass is 16.5. The lowest BCUT2D eigenvalue weighted by Crippen LogP contribution is -2.33. The van der Waals surface area contributed by atoms with Crippen LogP contribution in [-0.2, 0) is 16.0 Å². The maximum absolute atomic E-state index is 11.3. The zero-order valence-electron chi connectivity index (χ0n) is 12.4. The van der Waals surface area contributed by atoms with Gasteiger partial charge in [-0.1, -0.05) is 25.5 Å². The molecule has 1 atom stereocenters. The quantitative estimate of drug-likeness (QED) is 0.706. The summed E-state index contributed by atoms with van der Waals surface area (Å²) in [7, 11) is 0. The molecular weight excluding hydrogens is 254 g/mol. The van der Waals surface area contributed by atoms with Crippen LogP contribution in [0, 0.1) is 0 Å². The molecule has 1 aromatic carbocycles. The van der Waals surface area contributed by atoms with Crippen molar-refractivity contribution in [2.45, 2.75) is 45.6 Å². The number of nitrogens with two attached hydrogens (primary N) is 1. The average molecular weight is 279 g/mol. The standard InChI is InChI=1S/C16H25NO3/c1-3-5-6-13-7-9-14(10-8-13)20-12-11-15(17)16(18)19-4-2/h7-10,15H,3-6,11-12,17H2,1-2H3. The maximum atomic E-state index is 11.3. The third-order valence-corrected chi connectivity index (χ3v) is 3.03. The van der Waals surface area contributed by atoms with Crippen molar-refractivity contribution in [2.75, 3.05) is 13.2 Å². The second kappa shape index (κ2) is 9.37. The maximum Gasteiger partial charge on any atom is 0.323 e. The van der Waals surface area contributed by atoms with Gasteiger partial charge < -0.3 is 15.2 Å². The lowest BCUT2D eigenvalue weighted by molar-refractivity contribution is -0.145. The summed E-state index contributed by atoms with van der Waals surface area (Å²) in [6, 6.07) is 7.47. The van der Waals surface area contributed by atoms with Gasteiger partial charge in [0.25, 0.3) is 0 Å². The van der Waals surface area contributed by atoms with Crippen LogP contribution in [0.5, 0.6) is 5.75 Å². The van der Waals surface area contributed by atoms with Crippen LogP contribution in [0.1, 0.15) is 38.7 Å². The Hall–Kier alpha value is -1.55. The van der Waals surface area contributed by atoms with E-state index in [1.54, 1.807) is 6.92 Å². The summed E-state index contributed by atoms with van der Waals surface area (Å²) in [5.41, 5.74) is 7.01. The molecule has 0 heterocycles. The molecule has 0 saturated carbocycles. The van der Waals surface area contributed by atoms with Crippen molar-refractivity contribution >= 4 is 5.97 Å². The number of ether oxygens (including phenoxy) is 2. The number of hydrogen-bond donors (Lipinski definition) is 1. The first-order valence-electron chi connectivity index (χ1n) is 7.31. The van der Waals surface area contributed by atoms with Gasteiger partial charge in [-0.3, -0.25) is 4.79 Å². The van der Waals surface area contributed by atoms with Crippen LogP contribution in [0.3, 0.4) is 0 Å². The molecule has 4 nitrogen and oxygen atoms in total. The Morgan fingerprint density at radius 1 is 1.25 bits per heavy atom. The van der Waals surface area contributed by atoms with E-state index in [0.29, 0.717) is 19.6 Å². The van der Waals surface area contributed by atoms with E-state index in [9.17, 15) is 4.79 Å². The van der Waals surface area contributed by atoms with Gasteiger partial charge in [0.2, 0.25) is 0 Å². The van der Waals surface area contributed by atoms with Crippen LogP contribution in [0.25, 0.3) is 0 Å². The SMILES string of the molecule is CCCCc1ccc(OCCC(N)C(=O)OCC)cc1. The highest BCUT2D eigenvalue weighted by molar-refractivity contribution is 5.75. The monoisotopic (exact) mass is 279 g/mol. The number of esters is 1. The van der Waals surface area contributed by atoms with Crippen molar-refractivity contribution in [1.29, 1.82) is 0 Å². The summed E-state index contributed by atoms with van der Waals surface area (Å²) >= 11 is 0. The number of hydrogen-bond acceptors (Lipinski definition) is 4. The van der Waals surface area contributed by atoms with Crippen LogP contribution < -0.4 is 10.5 Å². The molecular formula is C16H25NO3. The Bertz CT molecular complexity index is 389. The van der Waals surface area contributed by atoms with Crippen LogP contribution in [0.4, 0.5) is 0 Å². The molecule has 0 amide bonds. The molecule has 2 N–H and O–H groups in total. The number of carbonyl (C=O) groups is 1. The third kappa shape index (κ3) is 6.06. The van der Waals surface area contributed by atoms with Gasteiger partial charge in [-0.2, -0.15) is 0 Å². The van der Waals surface area contributed by atoms with Gasteiger partial charge in [0, 0.05) is 6.42 Å². The molecule has 1 unspecified atom stereocenters. The van der Waals surface area contributed by atoms with E-state index in [2.05, 4.69) is 19.1 Å². The van der Waals surface area contributed by atoms with E-state index in [-0.39, 0.29) is 5.97 Å². The van der Waals surface area contributed by atoms with E-state index in [1.165, 1.54) is 18.4 Å². The fourth-order valence-electron chi connectivity index (χ4n) is 1.80. The van der Waals surface area contributed by atoms with Crippen LogP contribution >= 0.6 is 0 Å². The molecule has 1 rings (SSSR count). The molecule has 0 radical (unpaired) electrons. The van der Waals surface area contributed by atoms with Gasteiger partial charge in [0.15, 0.2) is 0 Å². The Kier molecular flexibility index (Phi) is 7.73. The van der Waals surface area contributed by atoms with Gasteiger partial charge in [0.05, 0.1) is 13.2 Å². The minimum absolute atomic E-state index is 0.354. The second-order valence-electron chi connectivity index (χ2n) is 4.74. The largest absolute Gasteiger partial charge is 0.494 e. The normalized spacial score (nSPS) is 11.9. The molecule has 0 bridgehead atoms. The fourth-order valence-corrected chi connectivity index (χ4v) is 1.80. The Morgan fingerprint density at radius 2 is 1.95 bits per heavy atom. The minimum Gasteiger partial charge on any atom is -0.494 e. The average Bonchev–Trinajstić information content (AvgIpc) is 2.46. The molecule has 4 heteroatoms. The number of unbranched alkanes of at least 4 members (excludes halogenated alkanes) is 1. The van der Waals surface area contributed by atoms with E-state index < -0.39 is 6.04 Å². The minimum atomic E-state index is -0.612. The molecule has 20 heavy (non-hydrogen) atoms. The first-order valence-corrected chi connectivity index (χ1v) is 7.31. The van der Waals surface area contributed by atoms with Crippen molar-refractivity contribution in [3.05, 3.63) is 29.8 Å². The number of aryl methyl sites for hydroxylation is 1. The molecule has 0 aromatic heterocycles. The first-order chi connectivity index (χ1) is 9.67. The van der Waals surface area contributed by atoms with E-state index in [0.717, 1.165) is 12.2 Å². The molecule has 1 aromatic rings. The van der Waals surface area contributed by atoms with E-state index >= 15 is 0 Å². The summed E-state index contributed by atoms with van der Waals surface area (Å²) in [6.07, 6.45) is 3.96. The smallest absolute Gasteiger partial charge is 0.323 e. The summed E-state index contributed by atoms with van der Waals surface area (Å²) < 4.78 is 10.4. The Balaban J connectivity index is 2.29. The zero-order valence-corrected chi connectivity index (χ0v) is 12.4. The molecule has 112 valence electrons. The predicted molar refractivity (Wildman–Crippen MR) is 79.8 cm³/mol. The lowest BCUT2D eigenvalue weighted by Gasteiger charge is -2.11. The molecule has 0 fully saturated rings. The van der Waals surface area contributed by atoms with Crippen molar-refractivity contribution < 1.29 is 14.3 Å². The van der Waals surface area contributed by atoms with Gasteiger partial charge in [-0.15, -0.1) is 0 Å². The van der Waals surface area contributed by atoms with Crippen molar-refractivity contribution in [3.63, 3.8) is 0 Å². The van der Waals surface area contributed by atoms with Gasteiger partial charge in [-0.05, 0) is 37.5 Å². The van der Waals surface area contributed by atoms with Crippen LogP contribution in [-0.4, -0.2) is 25.2 Å². The van der Waals surface area contributed by atoms with Crippen molar-refractivity contribution in [1.82, 2.24) is 0 Å². The third-order valence-electron chi connectivity index (χ3n) is 3.03. The highest BCUT2D eigenvalue weighted by Crippen LogP contribution is 2.14. The van der Waals surface area contributed by atoms with Crippen molar-refractivity contribution in [2.24, 2.45) is 5.73 Å². The van der Waals surface area contributed by atoms with Gasteiger partial charge >= 0.3 is 5.97 Å². The predicted octanol–water partition coefficient (Wildman–Crippen LogP) is 2.69. The van der Waals surface area contributed by atoms with Crippen molar-refractivity contribution in [3.8, 4) is 5.75 Å². The topological polar surface area (TPSA) is 61.5 Å². The van der Waals surface area contributed by atoms with Crippen LogP contribution in [0.2, 0.25) is 0 Å². The first kappa shape index (κ1) is 16.5. The molecule has 0 saturated heterocycles. The molecule has 0 aliphatic heterocycles. The Labute approximate surface area is 121 Å². The zero-order chi connectivity index (χ0) is 14.8. The second-order valence-corrected chi connectivity index (χ2v) is 4.74. The van der Waals surface area contributed by atoms with Gasteiger partial charge in [-0.25, -0.2) is 0 Å². The summed E-state index contributed by atoms with van der Waals surface area (Å²) in [5.74, 6) is 0.437. The van der Waals surface area contributed by atoms with E-state index in [1.807, 2.05) is 12.1 Å². The van der Waals surface area contributed by atoms with E-state index in [4.69, 9.17) is 15.2 Å². The Morgan fingerprint density at radius 3 is 2.55 bits per heavy atom. The number of benzene rings is 1. The summed E-state index contributed by atoms with van der Waals surface area (Å²) in [4.78, 5) is 11.3. The summed E-state index contributed by atoms with van der Waals surface area (Å²) in [5, 5.41) is 0. The lowest BCUT2D eigenvalue weighted by atomic mass is 10.1.